The summed E-state index contributed by atoms with van der Waals surface area (Å²) < 4.78 is 38.4. The molecule has 0 bridgehead atoms. The molecule has 2 aromatic carbocycles. The first-order valence-electron chi connectivity index (χ1n) is 6.81. The average molecular weight is 356 g/mol. The van der Waals surface area contributed by atoms with Gasteiger partial charge in [0.05, 0.1) is 5.75 Å². The molecule has 1 amide bonds. The van der Waals surface area contributed by atoms with Crippen LogP contribution in [0.3, 0.4) is 0 Å². The second-order valence-corrected chi connectivity index (χ2v) is 7.73. The van der Waals surface area contributed by atoms with Crippen molar-refractivity contribution in [2.75, 3.05) is 5.32 Å². The fourth-order valence-electron chi connectivity index (χ4n) is 1.92. The van der Waals surface area contributed by atoms with Gasteiger partial charge in [0.1, 0.15) is 11.1 Å². The topological polar surface area (TPSA) is 63.2 Å². The molecule has 4 nitrogen and oxygen atoms in total. The summed E-state index contributed by atoms with van der Waals surface area (Å²) in [5.74, 6) is -2.03. The third-order valence-electron chi connectivity index (χ3n) is 3.36. The fourth-order valence-corrected chi connectivity index (χ4v) is 3.56. The fraction of sp³-hybridized carbons (Fsp3) is 0.188. The normalized spacial score (nSPS) is 12.7. The van der Waals surface area contributed by atoms with E-state index >= 15 is 0 Å². The summed E-state index contributed by atoms with van der Waals surface area (Å²) in [6.45, 7) is 1.27. The van der Waals surface area contributed by atoms with Crippen LogP contribution < -0.4 is 5.32 Å². The number of halogens is 2. The van der Waals surface area contributed by atoms with Gasteiger partial charge in [0, 0.05) is 16.3 Å². The first-order chi connectivity index (χ1) is 10.8. The van der Waals surface area contributed by atoms with Gasteiger partial charge >= 0.3 is 0 Å². The summed E-state index contributed by atoms with van der Waals surface area (Å²) >= 11 is 5.84. The van der Waals surface area contributed by atoms with Crippen LogP contribution in [0.1, 0.15) is 12.5 Å². The zero-order valence-corrected chi connectivity index (χ0v) is 13.9. The Morgan fingerprint density at radius 2 is 1.83 bits per heavy atom. The minimum absolute atomic E-state index is 0.0178. The minimum Gasteiger partial charge on any atom is -0.325 e. The van der Waals surface area contributed by atoms with Crippen molar-refractivity contribution in [2.24, 2.45) is 0 Å². The van der Waals surface area contributed by atoms with Crippen LogP contribution in [0, 0.1) is 5.82 Å². The zero-order valence-electron chi connectivity index (χ0n) is 12.3. The number of amides is 1. The molecular formula is C16H15ClFNO3S. The van der Waals surface area contributed by atoms with Gasteiger partial charge in [-0.1, -0.05) is 35.9 Å². The predicted octanol–water partition coefficient (Wildman–Crippen LogP) is 3.42. The molecule has 23 heavy (non-hydrogen) atoms. The van der Waals surface area contributed by atoms with Gasteiger partial charge in [0.25, 0.3) is 0 Å². The maximum Gasteiger partial charge on any atom is 0.242 e. The molecule has 7 heteroatoms. The monoisotopic (exact) mass is 355 g/mol. The van der Waals surface area contributed by atoms with Crippen molar-refractivity contribution in [3.8, 4) is 0 Å². The Bertz CT molecular complexity index is 789. The molecule has 2 rings (SSSR count). The quantitative estimate of drug-likeness (QED) is 0.893. The van der Waals surface area contributed by atoms with E-state index in [9.17, 15) is 17.6 Å². The summed E-state index contributed by atoms with van der Waals surface area (Å²) in [5, 5.41) is 1.20. The Morgan fingerprint density at radius 3 is 2.43 bits per heavy atom. The number of hydrogen-bond acceptors (Lipinski definition) is 3. The van der Waals surface area contributed by atoms with E-state index in [4.69, 9.17) is 11.6 Å². The first kappa shape index (κ1) is 17.4. The van der Waals surface area contributed by atoms with Crippen LogP contribution >= 0.6 is 11.6 Å². The summed E-state index contributed by atoms with van der Waals surface area (Å²) in [7, 11) is -3.91. The predicted molar refractivity (Wildman–Crippen MR) is 88.6 cm³/mol. The molecule has 2 aromatic rings. The molecule has 0 saturated heterocycles. The number of anilines is 1. The van der Waals surface area contributed by atoms with Gasteiger partial charge in [0.2, 0.25) is 5.91 Å². The summed E-state index contributed by atoms with van der Waals surface area (Å²) in [5.41, 5.74) is 0.358. The smallest absolute Gasteiger partial charge is 0.242 e. The molecule has 1 N–H and O–H groups in total. The molecule has 1 atom stereocenters. The van der Waals surface area contributed by atoms with Gasteiger partial charge in [-0.3, -0.25) is 4.79 Å². The van der Waals surface area contributed by atoms with E-state index in [1.54, 1.807) is 30.3 Å². The number of para-hydroxylation sites is 1. The summed E-state index contributed by atoms with van der Waals surface area (Å²) in [4.78, 5) is 12.1. The Kier molecular flexibility index (Phi) is 5.38. The summed E-state index contributed by atoms with van der Waals surface area (Å²) in [6, 6.07) is 12.4. The van der Waals surface area contributed by atoms with Crippen LogP contribution in [0.15, 0.2) is 48.5 Å². The number of carbonyl (C=O) groups is 1. The third-order valence-corrected chi connectivity index (χ3v) is 5.69. The Morgan fingerprint density at radius 1 is 1.17 bits per heavy atom. The van der Waals surface area contributed by atoms with Crippen molar-refractivity contribution in [2.45, 2.75) is 17.9 Å². The highest BCUT2D eigenvalue weighted by atomic mass is 35.5. The van der Waals surface area contributed by atoms with E-state index in [0.717, 1.165) is 6.07 Å². The second-order valence-electron chi connectivity index (χ2n) is 5.00. The highest BCUT2D eigenvalue weighted by Crippen LogP contribution is 2.23. The van der Waals surface area contributed by atoms with Gasteiger partial charge in [-0.05, 0) is 31.2 Å². The number of sulfone groups is 1. The van der Waals surface area contributed by atoms with Gasteiger partial charge in [0.15, 0.2) is 9.84 Å². The maximum atomic E-state index is 13.7. The molecule has 0 radical (unpaired) electrons. The highest BCUT2D eigenvalue weighted by Gasteiger charge is 2.30. The van der Waals surface area contributed by atoms with E-state index in [0.29, 0.717) is 5.69 Å². The van der Waals surface area contributed by atoms with Crippen LogP contribution in [0.2, 0.25) is 5.02 Å². The van der Waals surface area contributed by atoms with E-state index in [-0.39, 0.29) is 10.6 Å². The lowest BCUT2D eigenvalue weighted by Gasteiger charge is -2.14. The molecule has 0 aromatic heterocycles. The third kappa shape index (κ3) is 4.30. The number of benzene rings is 2. The molecule has 0 spiro atoms. The minimum atomic E-state index is -3.91. The van der Waals surface area contributed by atoms with Crippen LogP contribution in [0.5, 0.6) is 0 Å². The molecule has 122 valence electrons. The Labute approximate surface area is 139 Å². The standard InChI is InChI=1S/C16H15ClFNO3S/c1-11(16(20)19-12-6-3-2-4-7-12)23(21,22)10-13-14(17)8-5-9-15(13)18/h2-9,11H,10H2,1H3,(H,19,20). The second kappa shape index (κ2) is 7.10. The van der Waals surface area contributed by atoms with E-state index in [1.807, 2.05) is 0 Å². The van der Waals surface area contributed by atoms with Gasteiger partial charge < -0.3 is 5.32 Å². The lowest BCUT2D eigenvalue weighted by molar-refractivity contribution is -0.115. The van der Waals surface area contributed by atoms with Gasteiger partial charge in [-0.2, -0.15) is 0 Å². The molecule has 1 unspecified atom stereocenters. The number of hydrogen-bond donors (Lipinski definition) is 1. The molecule has 0 fully saturated rings. The van der Waals surface area contributed by atoms with Gasteiger partial charge in [-0.25, -0.2) is 12.8 Å². The molecule has 0 saturated carbocycles. The van der Waals surface area contributed by atoms with Crippen molar-refractivity contribution < 1.29 is 17.6 Å². The number of carbonyl (C=O) groups excluding carboxylic acids is 1. The largest absolute Gasteiger partial charge is 0.325 e. The lowest BCUT2D eigenvalue weighted by atomic mass is 10.2. The Hall–Kier alpha value is -1.92. The number of rotatable bonds is 5. The average Bonchev–Trinajstić information content (AvgIpc) is 2.51. The van der Waals surface area contributed by atoms with Crippen LogP contribution in [0.4, 0.5) is 10.1 Å². The van der Waals surface area contributed by atoms with Crippen molar-refractivity contribution in [3.63, 3.8) is 0 Å². The van der Waals surface area contributed by atoms with E-state index < -0.39 is 32.6 Å². The van der Waals surface area contributed by atoms with Gasteiger partial charge in [-0.15, -0.1) is 0 Å². The van der Waals surface area contributed by atoms with Crippen molar-refractivity contribution in [3.05, 3.63) is 64.9 Å². The highest BCUT2D eigenvalue weighted by molar-refractivity contribution is 7.92. The molecule has 0 aliphatic heterocycles. The maximum absolute atomic E-state index is 13.7. The SMILES string of the molecule is CC(C(=O)Nc1ccccc1)S(=O)(=O)Cc1c(F)cccc1Cl. The summed E-state index contributed by atoms with van der Waals surface area (Å²) in [6.07, 6.45) is 0. The van der Waals surface area contributed by atoms with Crippen molar-refractivity contribution in [1.29, 1.82) is 0 Å². The van der Waals surface area contributed by atoms with Crippen molar-refractivity contribution >= 4 is 33.0 Å². The number of nitrogens with one attached hydrogen (secondary N) is 1. The Balaban J connectivity index is 2.17. The van der Waals surface area contributed by atoms with Crippen molar-refractivity contribution in [1.82, 2.24) is 0 Å². The van der Waals surface area contributed by atoms with Crippen LogP contribution in [0.25, 0.3) is 0 Å². The molecule has 0 aliphatic carbocycles. The molecule has 0 aliphatic rings. The first-order valence-corrected chi connectivity index (χ1v) is 8.91. The van der Waals surface area contributed by atoms with E-state index in [1.165, 1.54) is 19.1 Å². The lowest BCUT2D eigenvalue weighted by Crippen LogP contribution is -2.33. The van der Waals surface area contributed by atoms with Crippen LogP contribution in [-0.4, -0.2) is 19.6 Å². The van der Waals surface area contributed by atoms with Crippen LogP contribution in [-0.2, 0) is 20.4 Å². The zero-order chi connectivity index (χ0) is 17.0. The molecular weight excluding hydrogens is 341 g/mol. The molecule has 0 heterocycles. The van der Waals surface area contributed by atoms with E-state index in [2.05, 4.69) is 5.32 Å².